The van der Waals surface area contributed by atoms with Gasteiger partial charge in [-0.3, -0.25) is 4.90 Å². The molecule has 0 amide bonds. The van der Waals surface area contributed by atoms with E-state index in [0.29, 0.717) is 29.6 Å². The molecule has 3 aliphatic heterocycles. The normalized spacial score (nSPS) is 29.9. The largest absolute Gasteiger partial charge is 0.316 e. The molecule has 0 radical (unpaired) electrons. The maximum Gasteiger partial charge on any atom is 0.215 e. The Labute approximate surface area is 185 Å². The van der Waals surface area contributed by atoms with Crippen molar-refractivity contribution in [1.29, 1.82) is 0 Å². The predicted molar refractivity (Wildman–Crippen MR) is 119 cm³/mol. The molecular weight excluding hydrogens is 441 g/mol. The Hall–Kier alpha value is -0.0800. The first-order valence-corrected chi connectivity index (χ1v) is 11.7. The number of halogens is 3. The predicted octanol–water partition coefficient (Wildman–Crippen LogP) is 3.07. The highest BCUT2D eigenvalue weighted by atomic mass is 35.5. The van der Waals surface area contributed by atoms with Crippen LogP contribution in [0.2, 0.25) is 5.02 Å². The molecule has 3 aliphatic rings. The summed E-state index contributed by atoms with van der Waals surface area (Å²) in [5.41, 5.74) is 0.726. The fourth-order valence-electron chi connectivity index (χ4n) is 5.16. The van der Waals surface area contributed by atoms with Gasteiger partial charge in [-0.2, -0.15) is 0 Å². The number of rotatable bonds is 5. The van der Waals surface area contributed by atoms with E-state index in [0.717, 1.165) is 31.1 Å². The number of hydrogen-bond acceptors (Lipinski definition) is 4. The van der Waals surface area contributed by atoms with Gasteiger partial charge in [0.25, 0.3) is 0 Å². The van der Waals surface area contributed by atoms with Crippen LogP contribution in [0, 0.1) is 11.8 Å². The van der Waals surface area contributed by atoms with E-state index in [2.05, 4.69) is 14.9 Å². The third-order valence-corrected chi connectivity index (χ3v) is 7.84. The number of piperidine rings is 3. The van der Waals surface area contributed by atoms with Gasteiger partial charge in [0, 0.05) is 23.7 Å². The van der Waals surface area contributed by atoms with Crippen molar-refractivity contribution in [3.05, 3.63) is 34.9 Å². The summed E-state index contributed by atoms with van der Waals surface area (Å²) in [4.78, 5) is 2.62. The van der Waals surface area contributed by atoms with Crippen LogP contribution in [0.5, 0.6) is 0 Å². The lowest BCUT2D eigenvalue weighted by Gasteiger charge is -2.55. The quantitative estimate of drug-likeness (QED) is 0.694. The molecule has 1 aromatic rings. The fourth-order valence-corrected chi connectivity index (χ4v) is 6.52. The number of fused-ring (bicyclic) bond motifs is 4. The Kier molecular flexibility index (Phi) is 8.89. The summed E-state index contributed by atoms with van der Waals surface area (Å²) >= 11 is 5.98. The second-order valence-corrected chi connectivity index (χ2v) is 10.3. The molecule has 160 valence electrons. The van der Waals surface area contributed by atoms with Crippen molar-refractivity contribution in [3.63, 3.8) is 0 Å². The molecule has 3 saturated heterocycles. The van der Waals surface area contributed by atoms with Crippen LogP contribution < -0.4 is 10.0 Å². The van der Waals surface area contributed by atoms with Crippen LogP contribution >= 0.6 is 36.4 Å². The Morgan fingerprint density at radius 2 is 1.96 bits per heavy atom. The molecule has 0 aliphatic carbocycles. The molecule has 2 bridgehead atoms. The molecule has 3 heterocycles. The zero-order chi connectivity index (χ0) is 18.1. The van der Waals surface area contributed by atoms with Crippen molar-refractivity contribution < 1.29 is 8.42 Å². The smallest absolute Gasteiger partial charge is 0.215 e. The Morgan fingerprint density at radius 1 is 1.18 bits per heavy atom. The summed E-state index contributed by atoms with van der Waals surface area (Å²) in [7, 11) is -3.37. The highest BCUT2D eigenvalue weighted by Gasteiger charge is 2.45. The van der Waals surface area contributed by atoms with Crippen molar-refractivity contribution in [3.8, 4) is 0 Å². The molecule has 0 unspecified atom stereocenters. The minimum absolute atomic E-state index is 0. The standard InChI is InChI=1S/C19H28ClN3O2S.2ClH/c20-17-5-3-4-14(8-17)13-26(24,25)22-12-19-16-9-15(10-21-11-16)18-6-1-2-7-23(18)19;;/h3-5,8,15-16,18-19,21-22H,1-2,6-7,9-13H2;2*1H/t15-,16+,18+,19+;;/m1../s1. The molecule has 4 atom stereocenters. The van der Waals surface area contributed by atoms with Crippen LogP contribution in [0.15, 0.2) is 24.3 Å². The second-order valence-electron chi connectivity index (χ2n) is 8.02. The highest BCUT2D eigenvalue weighted by molar-refractivity contribution is 7.88. The second kappa shape index (κ2) is 10.3. The summed E-state index contributed by atoms with van der Waals surface area (Å²) in [6.45, 7) is 3.74. The van der Waals surface area contributed by atoms with E-state index in [9.17, 15) is 8.42 Å². The van der Waals surface area contributed by atoms with Crippen LogP contribution in [0.4, 0.5) is 0 Å². The third kappa shape index (κ3) is 5.54. The SMILES string of the molecule is Cl.Cl.O=S(=O)(Cc1cccc(Cl)c1)NC[C@H]1[C@@H]2CNC[C@@H](C2)[C@@H]2CCCCN21. The van der Waals surface area contributed by atoms with Crippen molar-refractivity contribution in [2.45, 2.75) is 43.5 Å². The number of nitrogens with zero attached hydrogens (tertiary/aromatic N) is 1. The summed E-state index contributed by atoms with van der Waals surface area (Å²) in [5.74, 6) is 1.25. The van der Waals surface area contributed by atoms with Crippen molar-refractivity contribution >= 4 is 46.4 Å². The Bertz CT molecular complexity index is 750. The van der Waals surface area contributed by atoms with Crippen LogP contribution in [0.25, 0.3) is 0 Å². The van der Waals surface area contributed by atoms with Gasteiger partial charge in [0.2, 0.25) is 10.0 Å². The fraction of sp³-hybridized carbons (Fsp3) is 0.684. The summed E-state index contributed by atoms with van der Waals surface area (Å²) in [6.07, 6.45) is 5.02. The maximum absolute atomic E-state index is 12.6. The van der Waals surface area contributed by atoms with Gasteiger partial charge in [-0.05, 0) is 68.4 Å². The Balaban J connectivity index is 0.00000140. The van der Waals surface area contributed by atoms with Crippen molar-refractivity contribution in [2.75, 3.05) is 26.2 Å². The molecule has 2 N–H and O–H groups in total. The van der Waals surface area contributed by atoms with Crippen LogP contribution in [0.3, 0.4) is 0 Å². The monoisotopic (exact) mass is 469 g/mol. The molecule has 9 heteroatoms. The van der Waals surface area contributed by atoms with Crippen molar-refractivity contribution in [1.82, 2.24) is 14.9 Å². The minimum atomic E-state index is -3.37. The average Bonchev–Trinajstić information content (AvgIpc) is 2.61. The van der Waals surface area contributed by atoms with Crippen LogP contribution in [0.1, 0.15) is 31.2 Å². The van der Waals surface area contributed by atoms with Gasteiger partial charge >= 0.3 is 0 Å². The van der Waals surface area contributed by atoms with Crippen LogP contribution in [-0.2, 0) is 15.8 Å². The van der Waals surface area contributed by atoms with E-state index >= 15 is 0 Å². The summed E-state index contributed by atoms with van der Waals surface area (Å²) in [5, 5.41) is 4.14. The lowest BCUT2D eigenvalue weighted by atomic mass is 9.73. The first-order valence-electron chi connectivity index (χ1n) is 9.70. The maximum atomic E-state index is 12.6. The number of benzene rings is 1. The topological polar surface area (TPSA) is 61.4 Å². The Morgan fingerprint density at radius 3 is 2.75 bits per heavy atom. The van der Waals surface area contributed by atoms with Gasteiger partial charge in [0.1, 0.15) is 0 Å². The first-order chi connectivity index (χ1) is 12.5. The first kappa shape index (κ1) is 24.2. The van der Waals surface area contributed by atoms with E-state index in [1.54, 1.807) is 18.2 Å². The van der Waals surface area contributed by atoms with E-state index in [1.807, 2.05) is 6.07 Å². The highest BCUT2D eigenvalue weighted by Crippen LogP contribution is 2.38. The van der Waals surface area contributed by atoms with Crippen LogP contribution in [-0.4, -0.2) is 51.6 Å². The lowest BCUT2D eigenvalue weighted by Crippen LogP contribution is -2.65. The van der Waals surface area contributed by atoms with Gasteiger partial charge < -0.3 is 5.32 Å². The molecule has 28 heavy (non-hydrogen) atoms. The van der Waals surface area contributed by atoms with Gasteiger partial charge in [-0.25, -0.2) is 13.1 Å². The number of nitrogens with one attached hydrogen (secondary N) is 2. The van der Waals surface area contributed by atoms with E-state index in [1.165, 1.54) is 25.7 Å². The average molecular weight is 471 g/mol. The molecule has 5 nitrogen and oxygen atoms in total. The van der Waals surface area contributed by atoms with E-state index in [4.69, 9.17) is 11.6 Å². The zero-order valence-electron chi connectivity index (χ0n) is 15.8. The number of sulfonamides is 1. The van der Waals surface area contributed by atoms with Crippen molar-refractivity contribution in [2.24, 2.45) is 11.8 Å². The van der Waals surface area contributed by atoms with E-state index in [-0.39, 0.29) is 30.6 Å². The van der Waals surface area contributed by atoms with Gasteiger partial charge in [0.05, 0.1) is 5.75 Å². The van der Waals surface area contributed by atoms with Gasteiger partial charge in [0.15, 0.2) is 0 Å². The zero-order valence-corrected chi connectivity index (χ0v) is 19.1. The summed E-state index contributed by atoms with van der Waals surface area (Å²) < 4.78 is 28.1. The summed E-state index contributed by atoms with van der Waals surface area (Å²) in [6, 6.07) is 8.00. The minimum Gasteiger partial charge on any atom is -0.316 e. The third-order valence-electron chi connectivity index (χ3n) is 6.28. The molecule has 0 saturated carbocycles. The lowest BCUT2D eigenvalue weighted by molar-refractivity contribution is -0.0360. The molecule has 1 aromatic carbocycles. The molecule has 4 rings (SSSR count). The van der Waals surface area contributed by atoms with Gasteiger partial charge in [-0.15, -0.1) is 24.8 Å². The molecule has 0 spiro atoms. The number of hydrogen-bond donors (Lipinski definition) is 2. The molecule has 0 aromatic heterocycles. The molecule has 3 fully saturated rings. The van der Waals surface area contributed by atoms with E-state index < -0.39 is 10.0 Å². The molecular formula is C19H30Cl3N3O2S. The van der Waals surface area contributed by atoms with Gasteiger partial charge in [-0.1, -0.05) is 30.2 Å².